The standard InChI is InChI=1S/C26H35N5O2/c1-19(2)12-13-31(26(33)22-8-9-22)18-25(32)30-16-14-29(15-17-30)24-11-10-23(27-28-24)21-6-4-20(3)5-7-21/h4-7,10-11,19,22H,8-9,12-18H2,1-3H3. The molecule has 0 unspecified atom stereocenters. The number of aromatic nitrogens is 2. The van der Waals surface area contributed by atoms with Gasteiger partial charge in [0.2, 0.25) is 11.8 Å². The van der Waals surface area contributed by atoms with Crippen LogP contribution in [-0.2, 0) is 9.59 Å². The molecule has 7 nitrogen and oxygen atoms in total. The maximum absolute atomic E-state index is 13.0. The van der Waals surface area contributed by atoms with Crippen molar-refractivity contribution in [3.8, 4) is 11.3 Å². The Morgan fingerprint density at radius 1 is 1.00 bits per heavy atom. The molecule has 2 fully saturated rings. The van der Waals surface area contributed by atoms with E-state index >= 15 is 0 Å². The Balaban J connectivity index is 1.30. The Kier molecular flexibility index (Phi) is 7.26. The van der Waals surface area contributed by atoms with Crippen LogP contribution in [0.15, 0.2) is 36.4 Å². The summed E-state index contributed by atoms with van der Waals surface area (Å²) in [7, 11) is 0. The SMILES string of the molecule is Cc1ccc(-c2ccc(N3CCN(C(=O)CN(CCC(C)C)C(=O)C4CC4)CC3)nn2)cc1. The number of anilines is 1. The second kappa shape index (κ2) is 10.3. The molecule has 176 valence electrons. The monoisotopic (exact) mass is 449 g/mol. The molecule has 1 saturated carbocycles. The lowest BCUT2D eigenvalue weighted by Crippen LogP contribution is -2.52. The first-order chi connectivity index (χ1) is 15.9. The Hall–Kier alpha value is -2.96. The second-order valence-electron chi connectivity index (χ2n) is 9.73. The van der Waals surface area contributed by atoms with Gasteiger partial charge < -0.3 is 14.7 Å². The summed E-state index contributed by atoms with van der Waals surface area (Å²) in [4.78, 5) is 31.5. The van der Waals surface area contributed by atoms with E-state index in [2.05, 4.69) is 60.1 Å². The normalized spacial score (nSPS) is 16.2. The van der Waals surface area contributed by atoms with Crippen LogP contribution in [0.3, 0.4) is 0 Å². The van der Waals surface area contributed by atoms with Crippen LogP contribution in [0, 0.1) is 18.8 Å². The van der Waals surface area contributed by atoms with Gasteiger partial charge in [-0.25, -0.2) is 0 Å². The van der Waals surface area contributed by atoms with Gasteiger partial charge in [-0.1, -0.05) is 43.7 Å². The van der Waals surface area contributed by atoms with Crippen LogP contribution >= 0.6 is 0 Å². The number of carbonyl (C=O) groups is 2. The molecule has 0 radical (unpaired) electrons. The lowest BCUT2D eigenvalue weighted by Gasteiger charge is -2.36. The Morgan fingerprint density at radius 2 is 1.70 bits per heavy atom. The smallest absolute Gasteiger partial charge is 0.242 e. The first-order valence-electron chi connectivity index (χ1n) is 12.1. The predicted molar refractivity (Wildman–Crippen MR) is 130 cm³/mol. The fourth-order valence-electron chi connectivity index (χ4n) is 4.09. The molecule has 2 amide bonds. The van der Waals surface area contributed by atoms with E-state index in [0.717, 1.165) is 36.3 Å². The zero-order chi connectivity index (χ0) is 23.4. The summed E-state index contributed by atoms with van der Waals surface area (Å²) < 4.78 is 0. The maximum Gasteiger partial charge on any atom is 0.242 e. The third kappa shape index (κ3) is 6.09. The predicted octanol–water partition coefficient (Wildman–Crippen LogP) is 3.39. The lowest BCUT2D eigenvalue weighted by atomic mass is 10.1. The summed E-state index contributed by atoms with van der Waals surface area (Å²) in [6.07, 6.45) is 2.86. The highest BCUT2D eigenvalue weighted by molar-refractivity contribution is 5.87. The van der Waals surface area contributed by atoms with Crippen LogP contribution in [0.4, 0.5) is 5.82 Å². The molecule has 2 aromatic rings. The minimum Gasteiger partial charge on any atom is -0.352 e. The van der Waals surface area contributed by atoms with Crippen LogP contribution in [-0.4, -0.2) is 71.1 Å². The Labute approximate surface area is 196 Å². The minimum atomic E-state index is 0.0493. The molecular weight excluding hydrogens is 414 g/mol. The number of amides is 2. The molecule has 0 N–H and O–H groups in total. The highest BCUT2D eigenvalue weighted by Gasteiger charge is 2.35. The van der Waals surface area contributed by atoms with Crippen molar-refractivity contribution >= 4 is 17.6 Å². The molecule has 33 heavy (non-hydrogen) atoms. The zero-order valence-corrected chi connectivity index (χ0v) is 20.0. The third-order valence-electron chi connectivity index (χ3n) is 6.49. The summed E-state index contributed by atoms with van der Waals surface area (Å²) >= 11 is 0. The topological polar surface area (TPSA) is 69.6 Å². The average Bonchev–Trinajstić information content (AvgIpc) is 3.67. The Morgan fingerprint density at radius 3 is 2.27 bits per heavy atom. The molecule has 4 rings (SSSR count). The summed E-state index contributed by atoms with van der Waals surface area (Å²) in [5, 5.41) is 8.84. The molecule has 0 bridgehead atoms. The van der Waals surface area contributed by atoms with Crippen molar-refractivity contribution in [3.63, 3.8) is 0 Å². The number of benzene rings is 1. The van der Waals surface area contributed by atoms with Crippen LogP contribution in [0.5, 0.6) is 0 Å². The maximum atomic E-state index is 13.0. The molecule has 0 atom stereocenters. The number of aryl methyl sites for hydroxylation is 1. The van der Waals surface area contributed by atoms with E-state index in [0.29, 0.717) is 38.6 Å². The number of carbonyl (C=O) groups excluding carboxylic acids is 2. The van der Waals surface area contributed by atoms with Crippen molar-refractivity contribution in [2.45, 2.75) is 40.0 Å². The van der Waals surface area contributed by atoms with Crippen molar-refractivity contribution in [2.24, 2.45) is 11.8 Å². The molecule has 1 saturated heterocycles. The lowest BCUT2D eigenvalue weighted by molar-refractivity contribution is -0.141. The van der Waals surface area contributed by atoms with Gasteiger partial charge in [0.15, 0.2) is 5.82 Å². The minimum absolute atomic E-state index is 0.0493. The zero-order valence-electron chi connectivity index (χ0n) is 20.0. The van der Waals surface area contributed by atoms with E-state index in [-0.39, 0.29) is 24.3 Å². The van der Waals surface area contributed by atoms with Crippen LogP contribution in [0.25, 0.3) is 11.3 Å². The van der Waals surface area contributed by atoms with Gasteiger partial charge in [0, 0.05) is 44.2 Å². The summed E-state index contributed by atoms with van der Waals surface area (Å²) in [6.45, 7) is 9.94. The largest absolute Gasteiger partial charge is 0.352 e. The fourth-order valence-corrected chi connectivity index (χ4v) is 4.09. The van der Waals surface area contributed by atoms with E-state index in [1.165, 1.54) is 5.56 Å². The summed E-state index contributed by atoms with van der Waals surface area (Å²) in [5.41, 5.74) is 3.13. The molecule has 1 aromatic heterocycles. The molecular formula is C26H35N5O2. The van der Waals surface area contributed by atoms with Gasteiger partial charge in [-0.3, -0.25) is 9.59 Å². The third-order valence-corrected chi connectivity index (χ3v) is 6.49. The number of rotatable bonds is 8. The van der Waals surface area contributed by atoms with Crippen molar-refractivity contribution in [3.05, 3.63) is 42.0 Å². The van der Waals surface area contributed by atoms with Crippen molar-refractivity contribution in [2.75, 3.05) is 44.2 Å². The van der Waals surface area contributed by atoms with Crippen LogP contribution in [0.1, 0.15) is 38.7 Å². The van der Waals surface area contributed by atoms with Crippen LogP contribution in [0.2, 0.25) is 0 Å². The first-order valence-corrected chi connectivity index (χ1v) is 12.1. The average molecular weight is 450 g/mol. The van der Waals surface area contributed by atoms with E-state index in [4.69, 9.17) is 0 Å². The number of hydrogen-bond acceptors (Lipinski definition) is 5. The summed E-state index contributed by atoms with van der Waals surface area (Å²) in [6, 6.07) is 12.3. The molecule has 2 heterocycles. The van der Waals surface area contributed by atoms with E-state index in [1.807, 2.05) is 17.0 Å². The highest BCUT2D eigenvalue weighted by Crippen LogP contribution is 2.31. The van der Waals surface area contributed by atoms with Gasteiger partial charge in [-0.2, -0.15) is 0 Å². The van der Waals surface area contributed by atoms with Gasteiger partial charge in [0.1, 0.15) is 0 Å². The molecule has 2 aliphatic rings. The van der Waals surface area contributed by atoms with Gasteiger partial charge in [-0.05, 0) is 44.2 Å². The van der Waals surface area contributed by atoms with E-state index in [1.54, 1.807) is 4.90 Å². The van der Waals surface area contributed by atoms with Crippen molar-refractivity contribution < 1.29 is 9.59 Å². The van der Waals surface area contributed by atoms with Gasteiger partial charge in [0.25, 0.3) is 0 Å². The molecule has 1 aliphatic heterocycles. The molecule has 1 aliphatic carbocycles. The van der Waals surface area contributed by atoms with Crippen LogP contribution < -0.4 is 4.90 Å². The second-order valence-corrected chi connectivity index (χ2v) is 9.73. The number of nitrogens with zero attached hydrogens (tertiary/aromatic N) is 5. The van der Waals surface area contributed by atoms with E-state index in [9.17, 15) is 9.59 Å². The molecule has 0 spiro atoms. The van der Waals surface area contributed by atoms with Gasteiger partial charge in [0.05, 0.1) is 12.2 Å². The highest BCUT2D eigenvalue weighted by atomic mass is 16.2. The Bertz CT molecular complexity index is 946. The van der Waals surface area contributed by atoms with Gasteiger partial charge in [-0.15, -0.1) is 10.2 Å². The molecule has 7 heteroatoms. The van der Waals surface area contributed by atoms with E-state index < -0.39 is 0 Å². The van der Waals surface area contributed by atoms with Crippen molar-refractivity contribution in [1.82, 2.24) is 20.0 Å². The fraction of sp³-hybridized carbons (Fsp3) is 0.538. The number of hydrogen-bond donors (Lipinski definition) is 0. The molecule has 1 aromatic carbocycles. The summed E-state index contributed by atoms with van der Waals surface area (Å²) in [5.74, 6) is 1.69. The number of piperazine rings is 1. The van der Waals surface area contributed by atoms with Crippen molar-refractivity contribution in [1.29, 1.82) is 0 Å². The van der Waals surface area contributed by atoms with Gasteiger partial charge >= 0.3 is 0 Å². The quantitative estimate of drug-likeness (QED) is 0.618. The first kappa shape index (κ1) is 23.2.